The molecule has 0 atom stereocenters. The van der Waals surface area contributed by atoms with Crippen LogP contribution in [0.15, 0.2) is 53.9 Å². The fourth-order valence-electron chi connectivity index (χ4n) is 2.52. The highest BCUT2D eigenvalue weighted by Crippen LogP contribution is 2.22. The van der Waals surface area contributed by atoms with Gasteiger partial charge in [-0.2, -0.15) is 0 Å². The minimum atomic E-state index is -0.188. The molecule has 2 N–H and O–H groups in total. The van der Waals surface area contributed by atoms with E-state index in [0.29, 0.717) is 28.8 Å². The summed E-state index contributed by atoms with van der Waals surface area (Å²) < 4.78 is 1.84. The van der Waals surface area contributed by atoms with E-state index < -0.39 is 0 Å². The molecule has 0 unspecified atom stereocenters. The summed E-state index contributed by atoms with van der Waals surface area (Å²) in [6, 6.07) is 10.5. The first-order chi connectivity index (χ1) is 13.6. The number of hydrogen-bond donors (Lipinski definition) is 2. The number of benzene rings is 1. The van der Waals surface area contributed by atoms with Crippen LogP contribution >= 0.6 is 11.8 Å². The van der Waals surface area contributed by atoms with Crippen molar-refractivity contribution in [2.75, 3.05) is 17.6 Å². The van der Waals surface area contributed by atoms with Gasteiger partial charge in [-0.1, -0.05) is 17.8 Å². The summed E-state index contributed by atoms with van der Waals surface area (Å²) >= 11 is 1.29. The molecule has 8 nitrogen and oxygen atoms in total. The Kier molecular flexibility index (Phi) is 6.38. The summed E-state index contributed by atoms with van der Waals surface area (Å²) in [6.07, 6.45) is 3.39. The van der Waals surface area contributed by atoms with Crippen LogP contribution in [0.2, 0.25) is 0 Å². The largest absolute Gasteiger partial charge is 0.352 e. The number of thioether (sulfide) groups is 1. The van der Waals surface area contributed by atoms with Gasteiger partial charge in [0.15, 0.2) is 11.0 Å². The summed E-state index contributed by atoms with van der Waals surface area (Å²) in [5.41, 5.74) is 1.98. The lowest BCUT2D eigenvalue weighted by Gasteiger charge is -2.08. The maximum atomic E-state index is 12.3. The SMILES string of the molecule is CCNC(=O)c1cccc(NC(=O)CSc2nnc(-c3ccncc3)n2C)c1. The molecule has 2 amide bonds. The maximum absolute atomic E-state index is 12.3. The molecule has 3 aromatic rings. The molecule has 0 aliphatic rings. The minimum absolute atomic E-state index is 0.171. The number of carbonyl (C=O) groups is 2. The summed E-state index contributed by atoms with van der Waals surface area (Å²) in [6.45, 7) is 2.40. The van der Waals surface area contributed by atoms with Gasteiger partial charge in [0.25, 0.3) is 5.91 Å². The van der Waals surface area contributed by atoms with Crippen LogP contribution < -0.4 is 10.6 Å². The molecule has 2 heterocycles. The van der Waals surface area contributed by atoms with Crippen molar-refractivity contribution in [2.45, 2.75) is 12.1 Å². The molecular weight excluding hydrogens is 376 g/mol. The smallest absolute Gasteiger partial charge is 0.251 e. The third kappa shape index (κ3) is 4.74. The van der Waals surface area contributed by atoms with Crippen molar-refractivity contribution in [3.8, 4) is 11.4 Å². The first-order valence-electron chi connectivity index (χ1n) is 8.69. The van der Waals surface area contributed by atoms with Crippen molar-refractivity contribution >= 4 is 29.3 Å². The van der Waals surface area contributed by atoms with Crippen molar-refractivity contribution in [1.29, 1.82) is 0 Å². The molecule has 1 aromatic carbocycles. The Morgan fingerprint density at radius 2 is 1.93 bits per heavy atom. The Labute approximate surface area is 166 Å². The van der Waals surface area contributed by atoms with Gasteiger partial charge in [-0.05, 0) is 37.3 Å². The van der Waals surface area contributed by atoms with Gasteiger partial charge in [0.2, 0.25) is 5.91 Å². The standard InChI is InChI=1S/C19H20N6O2S/c1-3-21-18(27)14-5-4-6-15(11-14)22-16(26)12-28-19-24-23-17(25(19)2)13-7-9-20-10-8-13/h4-11H,3,12H2,1-2H3,(H,21,27)(H,22,26). The van der Waals surface area contributed by atoms with E-state index in [9.17, 15) is 9.59 Å². The highest BCUT2D eigenvalue weighted by Gasteiger charge is 2.13. The average molecular weight is 396 g/mol. The molecule has 0 aliphatic heterocycles. The van der Waals surface area contributed by atoms with Crippen LogP contribution in [0.1, 0.15) is 17.3 Å². The van der Waals surface area contributed by atoms with Crippen LogP contribution in [0.3, 0.4) is 0 Å². The topological polar surface area (TPSA) is 102 Å². The van der Waals surface area contributed by atoms with E-state index >= 15 is 0 Å². The number of aromatic nitrogens is 4. The van der Waals surface area contributed by atoms with Crippen LogP contribution in [-0.2, 0) is 11.8 Å². The molecule has 0 aliphatic carbocycles. The van der Waals surface area contributed by atoms with Gasteiger partial charge in [0.05, 0.1) is 5.75 Å². The number of amides is 2. The lowest BCUT2D eigenvalue weighted by Crippen LogP contribution is -2.23. The van der Waals surface area contributed by atoms with E-state index in [0.717, 1.165) is 5.56 Å². The molecule has 3 rings (SSSR count). The van der Waals surface area contributed by atoms with E-state index in [2.05, 4.69) is 25.8 Å². The predicted molar refractivity (Wildman–Crippen MR) is 108 cm³/mol. The van der Waals surface area contributed by atoms with Crippen molar-refractivity contribution in [1.82, 2.24) is 25.1 Å². The van der Waals surface area contributed by atoms with Gasteiger partial charge < -0.3 is 15.2 Å². The number of hydrogen-bond acceptors (Lipinski definition) is 6. The molecule has 0 saturated heterocycles. The second kappa shape index (κ2) is 9.14. The van der Waals surface area contributed by atoms with Gasteiger partial charge >= 0.3 is 0 Å². The fourth-order valence-corrected chi connectivity index (χ4v) is 3.23. The molecule has 0 fully saturated rings. The Balaban J connectivity index is 1.60. The Bertz CT molecular complexity index is 974. The molecule has 28 heavy (non-hydrogen) atoms. The zero-order valence-corrected chi connectivity index (χ0v) is 16.4. The Morgan fingerprint density at radius 3 is 2.68 bits per heavy atom. The van der Waals surface area contributed by atoms with Crippen LogP contribution in [0.25, 0.3) is 11.4 Å². The summed E-state index contributed by atoms with van der Waals surface area (Å²) in [7, 11) is 1.85. The fraction of sp³-hybridized carbons (Fsp3) is 0.211. The summed E-state index contributed by atoms with van der Waals surface area (Å²) in [5, 5.41) is 14.5. The highest BCUT2D eigenvalue weighted by molar-refractivity contribution is 7.99. The number of nitrogens with zero attached hydrogens (tertiary/aromatic N) is 4. The number of pyridine rings is 1. The van der Waals surface area contributed by atoms with Gasteiger partial charge in [0.1, 0.15) is 0 Å². The van der Waals surface area contributed by atoms with Crippen LogP contribution in [0, 0.1) is 0 Å². The number of anilines is 1. The van der Waals surface area contributed by atoms with Crippen LogP contribution in [-0.4, -0.2) is 43.9 Å². The van der Waals surface area contributed by atoms with Crippen LogP contribution in [0.4, 0.5) is 5.69 Å². The van der Waals surface area contributed by atoms with Gasteiger partial charge in [0, 0.05) is 42.8 Å². The lowest BCUT2D eigenvalue weighted by molar-refractivity contribution is -0.113. The molecule has 0 saturated carbocycles. The molecule has 144 valence electrons. The van der Waals surface area contributed by atoms with Crippen molar-refractivity contribution < 1.29 is 9.59 Å². The monoisotopic (exact) mass is 396 g/mol. The molecular formula is C19H20N6O2S. The maximum Gasteiger partial charge on any atom is 0.251 e. The predicted octanol–water partition coefficient (Wildman–Crippen LogP) is 2.36. The Morgan fingerprint density at radius 1 is 1.14 bits per heavy atom. The second-order valence-electron chi connectivity index (χ2n) is 5.88. The van der Waals surface area contributed by atoms with Crippen molar-refractivity contribution in [3.05, 3.63) is 54.4 Å². The first-order valence-corrected chi connectivity index (χ1v) is 9.67. The quantitative estimate of drug-likeness (QED) is 0.595. The van der Waals surface area contributed by atoms with Crippen molar-refractivity contribution in [3.63, 3.8) is 0 Å². The first kappa shape index (κ1) is 19.6. The number of carbonyl (C=O) groups excluding carboxylic acids is 2. The van der Waals surface area contributed by atoms with E-state index in [1.54, 1.807) is 36.7 Å². The molecule has 9 heteroatoms. The van der Waals surface area contributed by atoms with E-state index in [1.807, 2.05) is 30.7 Å². The zero-order valence-electron chi connectivity index (χ0n) is 15.5. The van der Waals surface area contributed by atoms with E-state index in [-0.39, 0.29) is 17.6 Å². The van der Waals surface area contributed by atoms with Gasteiger partial charge in [-0.3, -0.25) is 14.6 Å². The average Bonchev–Trinajstić information content (AvgIpc) is 3.08. The highest BCUT2D eigenvalue weighted by atomic mass is 32.2. The number of rotatable bonds is 7. The zero-order chi connectivity index (χ0) is 19.9. The molecule has 0 radical (unpaired) electrons. The molecule has 0 bridgehead atoms. The second-order valence-corrected chi connectivity index (χ2v) is 6.82. The van der Waals surface area contributed by atoms with Crippen molar-refractivity contribution in [2.24, 2.45) is 7.05 Å². The van der Waals surface area contributed by atoms with Crippen LogP contribution in [0.5, 0.6) is 0 Å². The number of nitrogens with one attached hydrogen (secondary N) is 2. The summed E-state index contributed by atoms with van der Waals surface area (Å²) in [5.74, 6) is 0.524. The lowest BCUT2D eigenvalue weighted by atomic mass is 10.2. The normalized spacial score (nSPS) is 10.5. The third-order valence-electron chi connectivity index (χ3n) is 3.85. The minimum Gasteiger partial charge on any atom is -0.352 e. The Hall–Kier alpha value is -3.20. The molecule has 0 spiro atoms. The molecule has 2 aromatic heterocycles. The summed E-state index contributed by atoms with van der Waals surface area (Å²) in [4.78, 5) is 28.2. The third-order valence-corrected chi connectivity index (χ3v) is 4.87. The van der Waals surface area contributed by atoms with Gasteiger partial charge in [-0.25, -0.2) is 0 Å². The van der Waals surface area contributed by atoms with Gasteiger partial charge in [-0.15, -0.1) is 10.2 Å². The van der Waals surface area contributed by atoms with E-state index in [1.165, 1.54) is 11.8 Å². The van der Waals surface area contributed by atoms with E-state index in [4.69, 9.17) is 0 Å².